The molecule has 0 spiro atoms. The molecule has 2 rings (SSSR count). The predicted molar refractivity (Wildman–Crippen MR) is 70.4 cm³/mol. The number of benzene rings is 1. The van der Waals surface area contributed by atoms with Crippen LogP contribution in [0.2, 0.25) is 0 Å². The second-order valence-electron chi connectivity index (χ2n) is 5.50. The molecule has 0 aromatic heterocycles. The quantitative estimate of drug-likeness (QED) is 0.848. The van der Waals surface area contributed by atoms with Crippen LogP contribution in [0.1, 0.15) is 24.0 Å². The molecule has 5 heteroatoms. The predicted octanol–water partition coefficient (Wildman–Crippen LogP) is 3.91. The monoisotopic (exact) mass is 285 g/mol. The largest absolute Gasteiger partial charge is 0.416 e. The lowest BCUT2D eigenvalue weighted by Gasteiger charge is -2.27. The van der Waals surface area contributed by atoms with Crippen molar-refractivity contribution in [3.63, 3.8) is 0 Å². The summed E-state index contributed by atoms with van der Waals surface area (Å²) in [5, 5.41) is 10.8. The first-order valence-corrected chi connectivity index (χ1v) is 6.56. The summed E-state index contributed by atoms with van der Waals surface area (Å²) in [6.45, 7) is 4.85. The Morgan fingerprint density at radius 3 is 2.40 bits per heavy atom. The van der Waals surface area contributed by atoms with E-state index < -0.39 is 11.7 Å². The summed E-state index contributed by atoms with van der Waals surface area (Å²) < 4.78 is 37.6. The third-order valence-corrected chi connectivity index (χ3v) is 3.86. The lowest BCUT2D eigenvalue weighted by atomic mass is 9.78. The van der Waals surface area contributed by atoms with Crippen molar-refractivity contribution in [3.8, 4) is 0 Å². The van der Waals surface area contributed by atoms with Gasteiger partial charge in [0.1, 0.15) is 0 Å². The minimum absolute atomic E-state index is 0.129. The van der Waals surface area contributed by atoms with Gasteiger partial charge in [0.2, 0.25) is 0 Å². The number of rotatable bonds is 4. The molecule has 1 N–H and O–H groups in total. The van der Waals surface area contributed by atoms with E-state index in [1.165, 1.54) is 17.2 Å². The second kappa shape index (κ2) is 5.58. The van der Waals surface area contributed by atoms with Crippen LogP contribution in [0.5, 0.6) is 0 Å². The minimum atomic E-state index is -4.30. The van der Waals surface area contributed by atoms with Gasteiger partial charge in [-0.1, -0.05) is 18.2 Å². The van der Waals surface area contributed by atoms with E-state index in [4.69, 9.17) is 0 Å². The lowest BCUT2D eigenvalue weighted by Crippen LogP contribution is -2.27. The van der Waals surface area contributed by atoms with Gasteiger partial charge in [-0.2, -0.15) is 18.2 Å². The average molecular weight is 285 g/mol. The van der Waals surface area contributed by atoms with Gasteiger partial charge in [0.15, 0.2) is 0 Å². The van der Waals surface area contributed by atoms with Gasteiger partial charge in [0, 0.05) is 13.1 Å². The van der Waals surface area contributed by atoms with E-state index in [0.29, 0.717) is 19.5 Å². The van der Waals surface area contributed by atoms with E-state index in [1.807, 2.05) is 6.08 Å². The van der Waals surface area contributed by atoms with Gasteiger partial charge < -0.3 is 5.21 Å². The first-order chi connectivity index (χ1) is 9.35. The highest BCUT2D eigenvalue weighted by Gasteiger charge is 2.37. The number of nitrogens with zero attached hydrogens (tertiary/aromatic N) is 1. The van der Waals surface area contributed by atoms with E-state index in [-0.39, 0.29) is 5.41 Å². The fourth-order valence-electron chi connectivity index (χ4n) is 2.85. The standard InChI is InChI=1S/C15H18F3NO/c1-2-7-14(8-9-19(20)11-14)10-12-3-5-13(6-4-12)15(16,17)18/h2-6,20H,1,7-11H2/t14-/m1/s1. The zero-order chi connectivity index (χ0) is 14.8. The number of allylic oxidation sites excluding steroid dienone is 1. The van der Waals surface area contributed by atoms with E-state index in [2.05, 4.69) is 6.58 Å². The normalized spacial score (nSPS) is 24.0. The van der Waals surface area contributed by atoms with Gasteiger partial charge in [-0.15, -0.1) is 6.58 Å². The van der Waals surface area contributed by atoms with Gasteiger partial charge in [0.25, 0.3) is 0 Å². The first-order valence-electron chi connectivity index (χ1n) is 6.56. The molecule has 2 nitrogen and oxygen atoms in total. The zero-order valence-electron chi connectivity index (χ0n) is 11.2. The summed E-state index contributed by atoms with van der Waals surface area (Å²) in [6, 6.07) is 5.27. The van der Waals surface area contributed by atoms with Gasteiger partial charge in [0.05, 0.1) is 5.56 Å². The molecule has 0 radical (unpaired) electrons. The molecule has 0 saturated carbocycles. The lowest BCUT2D eigenvalue weighted by molar-refractivity contribution is -0.137. The van der Waals surface area contributed by atoms with Crippen LogP contribution >= 0.6 is 0 Å². The number of halogens is 3. The Kier molecular flexibility index (Phi) is 4.20. The van der Waals surface area contributed by atoms with Crippen LogP contribution in [0.25, 0.3) is 0 Å². The molecule has 1 aromatic carbocycles. The highest BCUT2D eigenvalue weighted by Crippen LogP contribution is 2.37. The first kappa shape index (κ1) is 15.1. The van der Waals surface area contributed by atoms with E-state index >= 15 is 0 Å². The van der Waals surface area contributed by atoms with Crippen LogP contribution in [0.15, 0.2) is 36.9 Å². The smallest absolute Gasteiger partial charge is 0.314 e. The molecule has 1 aromatic rings. The number of hydroxylamine groups is 2. The summed E-state index contributed by atoms with van der Waals surface area (Å²) >= 11 is 0. The van der Waals surface area contributed by atoms with Gasteiger partial charge >= 0.3 is 6.18 Å². The second-order valence-corrected chi connectivity index (χ2v) is 5.50. The summed E-state index contributed by atoms with van der Waals surface area (Å²) in [5.41, 5.74) is 0.0976. The molecule has 1 heterocycles. The van der Waals surface area contributed by atoms with Crippen LogP contribution in [0.3, 0.4) is 0 Å². The van der Waals surface area contributed by atoms with Crippen LogP contribution < -0.4 is 0 Å². The molecule has 1 aliphatic heterocycles. The minimum Gasteiger partial charge on any atom is -0.314 e. The van der Waals surface area contributed by atoms with E-state index in [0.717, 1.165) is 30.5 Å². The maximum atomic E-state index is 12.5. The number of hydrogen-bond acceptors (Lipinski definition) is 2. The third-order valence-electron chi connectivity index (χ3n) is 3.86. The Bertz CT molecular complexity index is 469. The SMILES string of the molecule is C=CC[C@]1(Cc2ccc(C(F)(F)F)cc2)CCN(O)C1. The molecule has 1 atom stereocenters. The number of hydrogen-bond donors (Lipinski definition) is 1. The summed E-state index contributed by atoms with van der Waals surface area (Å²) in [6.07, 6.45) is -0.286. The van der Waals surface area contributed by atoms with Crippen molar-refractivity contribution in [3.05, 3.63) is 48.0 Å². The average Bonchev–Trinajstić information content (AvgIpc) is 2.70. The Hall–Kier alpha value is -1.33. The van der Waals surface area contributed by atoms with Gasteiger partial charge in [-0.05, 0) is 42.4 Å². The Labute approximate surface area is 116 Å². The van der Waals surface area contributed by atoms with Crippen LogP contribution in [-0.2, 0) is 12.6 Å². The Morgan fingerprint density at radius 1 is 1.30 bits per heavy atom. The molecular formula is C15H18F3NO. The van der Waals surface area contributed by atoms with Crippen molar-refractivity contribution in [2.24, 2.45) is 5.41 Å². The van der Waals surface area contributed by atoms with Crippen molar-refractivity contribution < 1.29 is 18.4 Å². The highest BCUT2D eigenvalue weighted by atomic mass is 19.4. The van der Waals surface area contributed by atoms with Crippen molar-refractivity contribution in [1.82, 2.24) is 5.06 Å². The molecule has 0 aliphatic carbocycles. The summed E-state index contributed by atoms with van der Waals surface area (Å²) in [7, 11) is 0. The van der Waals surface area contributed by atoms with Crippen molar-refractivity contribution in [2.45, 2.75) is 25.4 Å². The molecule has 110 valence electrons. The summed E-state index contributed by atoms with van der Waals surface area (Å²) in [4.78, 5) is 0. The molecule has 1 fully saturated rings. The number of alkyl halides is 3. The molecule has 1 saturated heterocycles. The Morgan fingerprint density at radius 2 is 1.95 bits per heavy atom. The molecule has 0 bridgehead atoms. The fraction of sp³-hybridized carbons (Fsp3) is 0.467. The van der Waals surface area contributed by atoms with Crippen molar-refractivity contribution in [2.75, 3.05) is 13.1 Å². The molecule has 20 heavy (non-hydrogen) atoms. The molecule has 0 amide bonds. The molecular weight excluding hydrogens is 267 g/mol. The van der Waals surface area contributed by atoms with Crippen LogP contribution in [0.4, 0.5) is 13.2 Å². The zero-order valence-corrected chi connectivity index (χ0v) is 11.2. The highest BCUT2D eigenvalue weighted by molar-refractivity contribution is 5.26. The summed E-state index contributed by atoms with van der Waals surface area (Å²) in [5.74, 6) is 0. The topological polar surface area (TPSA) is 23.5 Å². The fourth-order valence-corrected chi connectivity index (χ4v) is 2.85. The van der Waals surface area contributed by atoms with Gasteiger partial charge in [-0.25, -0.2) is 0 Å². The molecule has 0 unspecified atom stereocenters. The maximum Gasteiger partial charge on any atom is 0.416 e. The Balaban J connectivity index is 2.13. The van der Waals surface area contributed by atoms with E-state index in [1.54, 1.807) is 0 Å². The third kappa shape index (κ3) is 3.41. The van der Waals surface area contributed by atoms with Crippen LogP contribution in [0, 0.1) is 5.41 Å². The van der Waals surface area contributed by atoms with Crippen LogP contribution in [-0.4, -0.2) is 23.4 Å². The van der Waals surface area contributed by atoms with Gasteiger partial charge in [-0.3, -0.25) is 0 Å². The molecule has 1 aliphatic rings. The van der Waals surface area contributed by atoms with Crippen molar-refractivity contribution >= 4 is 0 Å². The maximum absolute atomic E-state index is 12.5. The van der Waals surface area contributed by atoms with Crippen molar-refractivity contribution in [1.29, 1.82) is 0 Å². The van der Waals surface area contributed by atoms with E-state index in [9.17, 15) is 18.4 Å².